The van der Waals surface area contributed by atoms with Crippen molar-refractivity contribution in [3.05, 3.63) is 54.1 Å². The largest absolute Gasteiger partial charge is 0.427 e. The van der Waals surface area contributed by atoms with Crippen LogP contribution in [0.2, 0.25) is 0 Å². The molecule has 0 spiro atoms. The number of nitrogens with one attached hydrogen (secondary N) is 1. The average molecular weight is 416 g/mol. The van der Waals surface area contributed by atoms with Gasteiger partial charge in [-0.1, -0.05) is 6.92 Å². The van der Waals surface area contributed by atoms with Gasteiger partial charge in [0.1, 0.15) is 5.75 Å². The molecule has 1 aliphatic rings. The molecule has 1 aliphatic heterocycles. The molecule has 0 bridgehead atoms. The van der Waals surface area contributed by atoms with Crippen LogP contribution >= 0.6 is 0 Å². The summed E-state index contributed by atoms with van der Waals surface area (Å²) < 4.78 is 32.1. The van der Waals surface area contributed by atoms with E-state index in [-0.39, 0.29) is 10.8 Å². The molecule has 2 aromatic rings. The lowest BCUT2D eigenvalue weighted by Gasteiger charge is -2.30. The fourth-order valence-corrected chi connectivity index (χ4v) is 4.87. The monoisotopic (exact) mass is 416 g/mol. The summed E-state index contributed by atoms with van der Waals surface area (Å²) in [7, 11) is -3.53. The van der Waals surface area contributed by atoms with E-state index in [1.54, 1.807) is 24.3 Å². The maximum atomic E-state index is 12.8. The molecule has 1 heterocycles. The minimum Gasteiger partial charge on any atom is -0.427 e. The quantitative estimate of drug-likeness (QED) is 0.596. The molecule has 29 heavy (non-hydrogen) atoms. The molecule has 1 amide bonds. The number of rotatable bonds is 5. The minimum atomic E-state index is -3.53. The van der Waals surface area contributed by atoms with E-state index in [1.807, 2.05) is 0 Å². The highest BCUT2D eigenvalue weighted by Crippen LogP contribution is 2.24. The van der Waals surface area contributed by atoms with Gasteiger partial charge in [-0.25, -0.2) is 8.42 Å². The van der Waals surface area contributed by atoms with Crippen molar-refractivity contribution in [2.75, 3.05) is 18.4 Å². The second-order valence-electron chi connectivity index (χ2n) is 7.21. The third kappa shape index (κ3) is 5.21. The highest BCUT2D eigenvalue weighted by atomic mass is 32.2. The number of hydrogen-bond acceptors (Lipinski definition) is 5. The maximum Gasteiger partial charge on any atom is 0.308 e. The summed E-state index contributed by atoms with van der Waals surface area (Å²) in [6.07, 6.45) is 1.91. The number of piperidine rings is 1. The average Bonchev–Trinajstić information content (AvgIpc) is 2.68. The number of esters is 1. The Labute approximate surface area is 170 Å². The Kier molecular flexibility index (Phi) is 6.34. The van der Waals surface area contributed by atoms with Crippen LogP contribution in [-0.4, -0.2) is 37.7 Å². The molecule has 8 heteroatoms. The fraction of sp³-hybridized carbons (Fsp3) is 0.333. The molecule has 0 aliphatic carbocycles. The van der Waals surface area contributed by atoms with Crippen molar-refractivity contribution in [3.63, 3.8) is 0 Å². The number of anilines is 1. The van der Waals surface area contributed by atoms with Gasteiger partial charge in [0.15, 0.2) is 0 Å². The van der Waals surface area contributed by atoms with Crippen molar-refractivity contribution >= 4 is 27.6 Å². The van der Waals surface area contributed by atoms with Gasteiger partial charge >= 0.3 is 5.97 Å². The van der Waals surface area contributed by atoms with Gasteiger partial charge in [0.25, 0.3) is 5.91 Å². The summed E-state index contributed by atoms with van der Waals surface area (Å²) in [5.41, 5.74) is 0.880. The highest BCUT2D eigenvalue weighted by molar-refractivity contribution is 7.89. The van der Waals surface area contributed by atoms with Crippen molar-refractivity contribution in [1.82, 2.24) is 4.31 Å². The van der Waals surface area contributed by atoms with Gasteiger partial charge < -0.3 is 10.1 Å². The molecule has 0 unspecified atom stereocenters. The van der Waals surface area contributed by atoms with Crippen LogP contribution in [0.25, 0.3) is 0 Å². The minimum absolute atomic E-state index is 0.218. The number of carbonyl (C=O) groups excluding carboxylic acids is 2. The Balaban J connectivity index is 1.67. The molecular weight excluding hydrogens is 392 g/mol. The zero-order chi connectivity index (χ0) is 21.0. The summed E-state index contributed by atoms with van der Waals surface area (Å²) in [5, 5.41) is 2.73. The molecule has 1 fully saturated rings. The molecule has 7 nitrogen and oxygen atoms in total. The normalized spacial score (nSPS) is 17.5. The first kappa shape index (κ1) is 21.0. The van der Waals surface area contributed by atoms with Crippen LogP contribution in [0.1, 0.15) is 37.0 Å². The van der Waals surface area contributed by atoms with Crippen molar-refractivity contribution in [3.8, 4) is 5.75 Å². The van der Waals surface area contributed by atoms with E-state index in [0.717, 1.165) is 12.8 Å². The second kappa shape index (κ2) is 8.75. The zero-order valence-electron chi connectivity index (χ0n) is 16.4. The summed E-state index contributed by atoms with van der Waals surface area (Å²) in [5.74, 6) is -0.0731. The number of hydrogen-bond donors (Lipinski definition) is 1. The van der Waals surface area contributed by atoms with E-state index in [0.29, 0.717) is 36.0 Å². The smallest absolute Gasteiger partial charge is 0.308 e. The molecule has 1 N–H and O–H groups in total. The SMILES string of the molecule is CC(=O)Oc1ccc(C(=O)Nc2ccc(S(=O)(=O)N3CCC[C@@H](C)C3)cc2)cc1. The fourth-order valence-electron chi connectivity index (χ4n) is 3.27. The molecule has 0 saturated carbocycles. The summed E-state index contributed by atoms with van der Waals surface area (Å²) in [6.45, 7) is 4.42. The third-order valence-electron chi connectivity index (χ3n) is 4.75. The van der Waals surface area contributed by atoms with E-state index in [4.69, 9.17) is 4.74 Å². The van der Waals surface area contributed by atoms with Crippen LogP contribution < -0.4 is 10.1 Å². The number of amides is 1. The highest BCUT2D eigenvalue weighted by Gasteiger charge is 2.28. The van der Waals surface area contributed by atoms with Gasteiger partial charge in [0.2, 0.25) is 10.0 Å². The standard InChI is InChI=1S/C21H24N2O5S/c1-15-4-3-13-23(14-15)29(26,27)20-11-7-18(8-12-20)22-21(25)17-5-9-19(10-6-17)28-16(2)24/h5-12,15H,3-4,13-14H2,1-2H3,(H,22,25)/t15-/m1/s1. The molecule has 2 aromatic carbocycles. The van der Waals surface area contributed by atoms with Crippen molar-refractivity contribution in [2.45, 2.75) is 31.6 Å². The number of nitrogens with zero attached hydrogens (tertiary/aromatic N) is 1. The van der Waals surface area contributed by atoms with Crippen LogP contribution in [0.3, 0.4) is 0 Å². The summed E-state index contributed by atoms with van der Waals surface area (Å²) >= 11 is 0. The Morgan fingerprint density at radius 2 is 1.72 bits per heavy atom. The molecular formula is C21H24N2O5S. The molecule has 0 aromatic heterocycles. The predicted octanol–water partition coefficient (Wildman–Crippen LogP) is 3.28. The topological polar surface area (TPSA) is 92.8 Å². The van der Waals surface area contributed by atoms with Gasteiger partial charge in [0.05, 0.1) is 4.90 Å². The first-order valence-corrected chi connectivity index (χ1v) is 10.9. The third-order valence-corrected chi connectivity index (χ3v) is 6.63. The number of ether oxygens (including phenoxy) is 1. The Bertz CT molecular complexity index is 985. The number of sulfonamides is 1. The first-order chi connectivity index (χ1) is 13.8. The van der Waals surface area contributed by atoms with Crippen molar-refractivity contribution in [1.29, 1.82) is 0 Å². The zero-order valence-corrected chi connectivity index (χ0v) is 17.2. The lowest BCUT2D eigenvalue weighted by atomic mass is 10.0. The first-order valence-electron chi connectivity index (χ1n) is 9.46. The maximum absolute atomic E-state index is 12.8. The van der Waals surface area contributed by atoms with Gasteiger partial charge in [-0.05, 0) is 67.3 Å². The lowest BCUT2D eigenvalue weighted by Crippen LogP contribution is -2.39. The molecule has 0 radical (unpaired) electrons. The van der Waals surface area contributed by atoms with Crippen LogP contribution in [-0.2, 0) is 14.8 Å². The summed E-state index contributed by atoms with van der Waals surface area (Å²) in [6, 6.07) is 12.3. The van der Waals surface area contributed by atoms with Gasteiger partial charge in [0, 0.05) is 31.3 Å². The molecule has 1 atom stereocenters. The van der Waals surface area contributed by atoms with E-state index in [9.17, 15) is 18.0 Å². The Morgan fingerprint density at radius 1 is 1.07 bits per heavy atom. The summed E-state index contributed by atoms with van der Waals surface area (Å²) in [4.78, 5) is 23.5. The Morgan fingerprint density at radius 3 is 2.31 bits per heavy atom. The van der Waals surface area contributed by atoms with Crippen molar-refractivity contribution < 1.29 is 22.7 Å². The van der Waals surface area contributed by atoms with Crippen LogP contribution in [0, 0.1) is 5.92 Å². The lowest BCUT2D eigenvalue weighted by molar-refractivity contribution is -0.131. The van der Waals surface area contributed by atoms with E-state index < -0.39 is 16.0 Å². The Hall–Kier alpha value is -2.71. The van der Waals surface area contributed by atoms with Gasteiger partial charge in [-0.2, -0.15) is 4.31 Å². The van der Waals surface area contributed by atoms with E-state index in [1.165, 1.54) is 35.5 Å². The van der Waals surface area contributed by atoms with Crippen LogP contribution in [0.15, 0.2) is 53.4 Å². The number of carbonyl (C=O) groups is 2. The molecule has 1 saturated heterocycles. The van der Waals surface area contributed by atoms with Crippen LogP contribution in [0.5, 0.6) is 5.75 Å². The van der Waals surface area contributed by atoms with E-state index in [2.05, 4.69) is 12.2 Å². The van der Waals surface area contributed by atoms with E-state index >= 15 is 0 Å². The second-order valence-corrected chi connectivity index (χ2v) is 9.14. The van der Waals surface area contributed by atoms with Crippen molar-refractivity contribution in [2.24, 2.45) is 5.92 Å². The van der Waals surface area contributed by atoms with Gasteiger partial charge in [-0.3, -0.25) is 9.59 Å². The van der Waals surface area contributed by atoms with Crippen LogP contribution in [0.4, 0.5) is 5.69 Å². The number of benzene rings is 2. The molecule has 3 rings (SSSR count). The van der Waals surface area contributed by atoms with Gasteiger partial charge in [-0.15, -0.1) is 0 Å². The molecule has 154 valence electrons. The predicted molar refractivity (Wildman–Crippen MR) is 109 cm³/mol.